The van der Waals surface area contributed by atoms with Crippen LogP contribution in [0.4, 0.5) is 5.82 Å². The molecular weight excluding hydrogens is 238 g/mol. The normalized spacial score (nSPS) is 19.6. The summed E-state index contributed by atoms with van der Waals surface area (Å²) in [6.45, 7) is 4.67. The number of anilines is 1. The van der Waals surface area contributed by atoms with Crippen LogP contribution in [0.1, 0.15) is 19.8 Å². The average molecular weight is 256 g/mol. The van der Waals surface area contributed by atoms with Crippen LogP contribution in [0.2, 0.25) is 0 Å². The quantitative estimate of drug-likeness (QED) is 0.757. The van der Waals surface area contributed by atoms with Crippen LogP contribution in [0.25, 0.3) is 0 Å². The van der Waals surface area contributed by atoms with E-state index < -0.39 is 0 Å². The van der Waals surface area contributed by atoms with Crippen molar-refractivity contribution in [3.63, 3.8) is 0 Å². The van der Waals surface area contributed by atoms with Gasteiger partial charge in [-0.1, -0.05) is 0 Å². The molecule has 0 spiro atoms. The minimum absolute atomic E-state index is 0.630. The number of hydrogen-bond donors (Lipinski definition) is 0. The number of ether oxygens (including phenoxy) is 1. The maximum absolute atomic E-state index is 5.78. The van der Waals surface area contributed by atoms with Crippen molar-refractivity contribution in [1.82, 2.24) is 9.97 Å². The Kier molecular flexibility index (Phi) is 4.42. The number of rotatable bonds is 5. The molecular formula is C12H18ClN3O. The van der Waals surface area contributed by atoms with Crippen LogP contribution in [-0.4, -0.2) is 35.5 Å². The number of aromatic nitrogens is 2. The topological polar surface area (TPSA) is 38.2 Å². The lowest BCUT2D eigenvalue weighted by Gasteiger charge is -2.17. The highest BCUT2D eigenvalue weighted by Gasteiger charge is 2.23. The lowest BCUT2D eigenvalue weighted by atomic mass is 10.1. The summed E-state index contributed by atoms with van der Waals surface area (Å²) in [6.07, 6.45) is 3.84. The van der Waals surface area contributed by atoms with Gasteiger partial charge in [0.05, 0.1) is 6.61 Å². The van der Waals surface area contributed by atoms with Crippen molar-refractivity contribution < 1.29 is 4.74 Å². The summed E-state index contributed by atoms with van der Waals surface area (Å²) in [5.41, 5.74) is 0. The molecule has 1 atom stereocenters. The van der Waals surface area contributed by atoms with Crippen LogP contribution in [0.3, 0.4) is 0 Å². The van der Waals surface area contributed by atoms with E-state index in [4.69, 9.17) is 16.3 Å². The first kappa shape index (κ1) is 12.4. The van der Waals surface area contributed by atoms with Crippen molar-refractivity contribution in [1.29, 1.82) is 0 Å². The molecule has 0 radical (unpaired) electrons. The van der Waals surface area contributed by atoms with Gasteiger partial charge in [0.25, 0.3) is 0 Å². The molecule has 1 unspecified atom stereocenters. The highest BCUT2D eigenvalue weighted by atomic mass is 35.5. The molecule has 94 valence electrons. The third kappa shape index (κ3) is 3.22. The zero-order chi connectivity index (χ0) is 12.1. The van der Waals surface area contributed by atoms with E-state index in [1.807, 2.05) is 13.0 Å². The van der Waals surface area contributed by atoms with Gasteiger partial charge in [0, 0.05) is 25.0 Å². The predicted molar refractivity (Wildman–Crippen MR) is 68.9 cm³/mol. The zero-order valence-corrected chi connectivity index (χ0v) is 10.9. The fourth-order valence-corrected chi connectivity index (χ4v) is 2.47. The molecule has 1 aliphatic rings. The first-order valence-corrected chi connectivity index (χ1v) is 6.62. The van der Waals surface area contributed by atoms with Crippen molar-refractivity contribution in [2.75, 3.05) is 30.5 Å². The van der Waals surface area contributed by atoms with E-state index in [0.717, 1.165) is 31.2 Å². The van der Waals surface area contributed by atoms with E-state index in [1.165, 1.54) is 6.42 Å². The Bertz CT molecular complexity index is 361. The molecule has 1 aromatic rings. The monoisotopic (exact) mass is 255 g/mol. The van der Waals surface area contributed by atoms with Crippen LogP contribution < -0.4 is 9.64 Å². The Labute approximate surface area is 107 Å². The summed E-state index contributed by atoms with van der Waals surface area (Å²) in [7, 11) is 0. The molecule has 1 fully saturated rings. The Morgan fingerprint density at radius 3 is 3.18 bits per heavy atom. The summed E-state index contributed by atoms with van der Waals surface area (Å²) in [4.78, 5) is 10.7. The van der Waals surface area contributed by atoms with Crippen LogP contribution in [-0.2, 0) is 0 Å². The molecule has 2 rings (SSSR count). The van der Waals surface area contributed by atoms with Gasteiger partial charge in [-0.15, -0.1) is 11.6 Å². The lowest BCUT2D eigenvalue weighted by Crippen LogP contribution is -2.21. The third-order valence-electron chi connectivity index (χ3n) is 3.05. The maximum Gasteiger partial charge on any atom is 0.218 e. The summed E-state index contributed by atoms with van der Waals surface area (Å²) < 4.78 is 5.38. The largest absolute Gasteiger partial charge is 0.478 e. The maximum atomic E-state index is 5.78. The molecule has 1 aromatic heterocycles. The minimum atomic E-state index is 0.630. The van der Waals surface area contributed by atoms with E-state index in [-0.39, 0.29) is 0 Å². The van der Waals surface area contributed by atoms with Gasteiger partial charge in [-0.05, 0) is 25.7 Å². The van der Waals surface area contributed by atoms with Crippen molar-refractivity contribution >= 4 is 17.4 Å². The van der Waals surface area contributed by atoms with Gasteiger partial charge < -0.3 is 9.64 Å². The first-order valence-electron chi connectivity index (χ1n) is 6.09. The van der Waals surface area contributed by atoms with Crippen LogP contribution in [0, 0.1) is 5.92 Å². The summed E-state index contributed by atoms with van der Waals surface area (Å²) >= 11 is 5.78. The van der Waals surface area contributed by atoms with Gasteiger partial charge in [-0.25, -0.2) is 9.97 Å². The van der Waals surface area contributed by atoms with Gasteiger partial charge in [-0.2, -0.15) is 0 Å². The summed E-state index contributed by atoms with van der Waals surface area (Å²) in [5.74, 6) is 3.05. The summed E-state index contributed by atoms with van der Waals surface area (Å²) in [6, 6.07) is 1.91. The standard InChI is InChI=1S/C12H18ClN3O/c1-2-17-12-7-11(14-9-15-12)16-6-4-10(8-16)3-5-13/h7,9-10H,2-6,8H2,1H3. The van der Waals surface area contributed by atoms with E-state index in [0.29, 0.717) is 18.4 Å². The number of halogens is 1. The van der Waals surface area contributed by atoms with Crippen LogP contribution in [0.5, 0.6) is 5.88 Å². The molecule has 17 heavy (non-hydrogen) atoms. The van der Waals surface area contributed by atoms with Crippen LogP contribution >= 0.6 is 11.6 Å². The molecule has 2 heterocycles. The fourth-order valence-electron chi connectivity index (χ4n) is 2.16. The number of hydrogen-bond acceptors (Lipinski definition) is 4. The molecule has 1 saturated heterocycles. The predicted octanol–water partition coefficient (Wildman–Crippen LogP) is 2.33. The third-order valence-corrected chi connectivity index (χ3v) is 3.27. The molecule has 1 aliphatic heterocycles. The molecule has 0 aliphatic carbocycles. The minimum Gasteiger partial charge on any atom is -0.478 e. The highest BCUT2D eigenvalue weighted by Crippen LogP contribution is 2.25. The van der Waals surface area contributed by atoms with Crippen molar-refractivity contribution in [2.45, 2.75) is 19.8 Å². The summed E-state index contributed by atoms with van der Waals surface area (Å²) in [5, 5.41) is 0. The second kappa shape index (κ2) is 6.05. The smallest absolute Gasteiger partial charge is 0.218 e. The fraction of sp³-hybridized carbons (Fsp3) is 0.667. The Morgan fingerprint density at radius 2 is 2.41 bits per heavy atom. The lowest BCUT2D eigenvalue weighted by molar-refractivity contribution is 0.326. The van der Waals surface area contributed by atoms with Crippen LogP contribution in [0.15, 0.2) is 12.4 Å². The van der Waals surface area contributed by atoms with Crippen molar-refractivity contribution in [2.24, 2.45) is 5.92 Å². The Morgan fingerprint density at radius 1 is 1.53 bits per heavy atom. The first-order chi connectivity index (χ1) is 8.33. The number of alkyl halides is 1. The van der Waals surface area contributed by atoms with Gasteiger partial charge in [-0.3, -0.25) is 0 Å². The molecule has 4 nitrogen and oxygen atoms in total. The van der Waals surface area contributed by atoms with Crippen molar-refractivity contribution in [3.8, 4) is 5.88 Å². The van der Waals surface area contributed by atoms with Gasteiger partial charge in [0.15, 0.2) is 0 Å². The van der Waals surface area contributed by atoms with E-state index in [9.17, 15) is 0 Å². The van der Waals surface area contributed by atoms with Gasteiger partial charge in [0.2, 0.25) is 5.88 Å². The number of nitrogens with zero attached hydrogens (tertiary/aromatic N) is 3. The zero-order valence-electron chi connectivity index (χ0n) is 10.1. The average Bonchev–Trinajstić information content (AvgIpc) is 2.79. The van der Waals surface area contributed by atoms with Gasteiger partial charge in [0.1, 0.15) is 12.1 Å². The molecule has 5 heteroatoms. The second-order valence-corrected chi connectivity index (χ2v) is 4.60. The molecule has 0 amide bonds. The molecule has 0 saturated carbocycles. The van der Waals surface area contributed by atoms with E-state index in [1.54, 1.807) is 6.33 Å². The van der Waals surface area contributed by atoms with Gasteiger partial charge >= 0.3 is 0 Å². The molecule has 0 aromatic carbocycles. The Hall–Kier alpha value is -1.03. The molecule has 0 bridgehead atoms. The second-order valence-electron chi connectivity index (χ2n) is 4.23. The Balaban J connectivity index is 2.00. The van der Waals surface area contributed by atoms with E-state index >= 15 is 0 Å². The molecule has 0 N–H and O–H groups in total. The highest BCUT2D eigenvalue weighted by molar-refractivity contribution is 6.17. The van der Waals surface area contributed by atoms with Crippen molar-refractivity contribution in [3.05, 3.63) is 12.4 Å². The SMILES string of the molecule is CCOc1cc(N2CCC(CCCl)C2)ncn1. The van der Waals surface area contributed by atoms with E-state index in [2.05, 4.69) is 14.9 Å².